The third kappa shape index (κ3) is 2.80. The van der Waals surface area contributed by atoms with Gasteiger partial charge in [-0.15, -0.1) is 0 Å². The Bertz CT molecular complexity index is 693. The number of benzene rings is 1. The van der Waals surface area contributed by atoms with Crippen LogP contribution in [0.15, 0.2) is 23.0 Å². The number of hydrogen-bond donors (Lipinski definition) is 2. The van der Waals surface area contributed by atoms with Gasteiger partial charge in [0.25, 0.3) is 0 Å². The number of rotatable bonds is 5. The van der Waals surface area contributed by atoms with Gasteiger partial charge in [-0.05, 0) is 30.0 Å². The summed E-state index contributed by atoms with van der Waals surface area (Å²) in [6.45, 7) is 6.15. The number of nitrogen functional groups attached to an aromatic ring is 1. The third-order valence-electron chi connectivity index (χ3n) is 3.55. The highest BCUT2D eigenvalue weighted by Crippen LogP contribution is 2.20. The lowest BCUT2D eigenvalue weighted by molar-refractivity contribution is 0.761. The van der Waals surface area contributed by atoms with Crippen molar-refractivity contribution < 1.29 is 0 Å². The summed E-state index contributed by atoms with van der Waals surface area (Å²) >= 11 is 0. The number of nitrogens with zero attached hydrogens (tertiary/aromatic N) is 3. The molecule has 6 nitrogen and oxygen atoms in total. The Morgan fingerprint density at radius 1 is 1.14 bits per heavy atom. The van der Waals surface area contributed by atoms with Crippen molar-refractivity contribution in [2.24, 2.45) is 5.84 Å². The first kappa shape index (κ1) is 15.2. The zero-order chi connectivity index (χ0) is 15.4. The van der Waals surface area contributed by atoms with Crippen LogP contribution in [0.3, 0.4) is 0 Å². The highest BCUT2D eigenvalue weighted by Gasteiger charge is 2.14. The molecule has 21 heavy (non-hydrogen) atoms. The lowest BCUT2D eigenvalue weighted by atomic mass is 10.0. The summed E-state index contributed by atoms with van der Waals surface area (Å²) in [4.78, 5) is 20.5. The van der Waals surface area contributed by atoms with Crippen LogP contribution in [0.2, 0.25) is 0 Å². The number of hydrogen-bond acceptors (Lipinski definition) is 5. The summed E-state index contributed by atoms with van der Waals surface area (Å²) in [5, 5.41) is 0. The summed E-state index contributed by atoms with van der Waals surface area (Å²) in [7, 11) is 0. The van der Waals surface area contributed by atoms with Crippen molar-refractivity contribution in [1.29, 1.82) is 0 Å². The Morgan fingerprint density at radius 3 is 2.48 bits per heavy atom. The van der Waals surface area contributed by atoms with Crippen molar-refractivity contribution in [1.82, 2.24) is 14.5 Å². The molecule has 2 rings (SSSR count). The zero-order valence-electron chi connectivity index (χ0n) is 12.7. The smallest absolute Gasteiger partial charge is 0.292 e. The number of aryl methyl sites for hydroxylation is 2. The monoisotopic (exact) mass is 287 g/mol. The first-order valence-corrected chi connectivity index (χ1v) is 7.23. The van der Waals surface area contributed by atoms with Gasteiger partial charge in [0.2, 0.25) is 5.95 Å². The molecule has 0 radical (unpaired) electrons. The van der Waals surface area contributed by atoms with Crippen LogP contribution in [0.25, 0.3) is 5.69 Å². The molecule has 0 fully saturated rings. The van der Waals surface area contributed by atoms with Gasteiger partial charge in [-0.2, -0.15) is 9.97 Å². The molecule has 0 saturated carbocycles. The van der Waals surface area contributed by atoms with E-state index in [0.29, 0.717) is 12.2 Å². The molecule has 0 aliphatic heterocycles. The molecule has 0 aliphatic rings. The van der Waals surface area contributed by atoms with E-state index in [1.807, 2.05) is 19.1 Å². The lowest BCUT2D eigenvalue weighted by Crippen LogP contribution is -2.29. The van der Waals surface area contributed by atoms with Crippen molar-refractivity contribution in [3.8, 4) is 5.69 Å². The fourth-order valence-corrected chi connectivity index (χ4v) is 2.56. The first-order valence-electron chi connectivity index (χ1n) is 7.23. The lowest BCUT2D eigenvalue weighted by Gasteiger charge is -2.16. The molecule has 1 aromatic heterocycles. The van der Waals surface area contributed by atoms with E-state index in [0.717, 1.165) is 24.1 Å². The van der Waals surface area contributed by atoms with E-state index < -0.39 is 0 Å². The molecule has 0 unspecified atom stereocenters. The summed E-state index contributed by atoms with van der Waals surface area (Å²) in [6, 6.07) is 6.00. The number of hydrazine groups is 1. The van der Waals surface area contributed by atoms with Crippen molar-refractivity contribution in [3.05, 3.63) is 45.6 Å². The third-order valence-corrected chi connectivity index (χ3v) is 3.55. The molecule has 1 aromatic carbocycles. The topological polar surface area (TPSA) is 85.8 Å². The second-order valence-electron chi connectivity index (χ2n) is 4.70. The molecule has 0 saturated heterocycles. The van der Waals surface area contributed by atoms with Crippen LogP contribution >= 0.6 is 0 Å². The Kier molecular flexibility index (Phi) is 4.70. The van der Waals surface area contributed by atoms with Gasteiger partial charge in [0.05, 0.1) is 5.69 Å². The number of nitrogens with two attached hydrogens (primary N) is 1. The fourth-order valence-electron chi connectivity index (χ4n) is 2.56. The largest absolute Gasteiger partial charge is 0.356 e. The number of aromatic nitrogens is 3. The second kappa shape index (κ2) is 6.49. The number of anilines is 1. The maximum absolute atomic E-state index is 12.4. The van der Waals surface area contributed by atoms with E-state index in [-0.39, 0.29) is 11.6 Å². The minimum Gasteiger partial charge on any atom is -0.292 e. The van der Waals surface area contributed by atoms with Crippen LogP contribution in [-0.4, -0.2) is 14.5 Å². The van der Waals surface area contributed by atoms with E-state index in [4.69, 9.17) is 5.84 Å². The average Bonchev–Trinajstić information content (AvgIpc) is 2.52. The summed E-state index contributed by atoms with van der Waals surface area (Å²) in [5.41, 5.74) is 5.24. The van der Waals surface area contributed by atoms with Gasteiger partial charge in [0, 0.05) is 6.42 Å². The average molecular weight is 287 g/mol. The molecule has 1 heterocycles. The standard InChI is InChI=1S/C15H21N5O/c1-4-10-8-7-9-12(11(10)5-2)20-13(6-3)17-14(19-16)18-15(20)21/h7-9H,4-6,16H2,1-3H3,(H,18,19,21). The van der Waals surface area contributed by atoms with E-state index in [1.54, 1.807) is 4.57 Å². The molecule has 3 N–H and O–H groups in total. The van der Waals surface area contributed by atoms with Gasteiger partial charge in [0.15, 0.2) is 0 Å². The van der Waals surface area contributed by atoms with Crippen LogP contribution < -0.4 is 17.0 Å². The van der Waals surface area contributed by atoms with Gasteiger partial charge >= 0.3 is 5.69 Å². The molecule has 112 valence electrons. The maximum atomic E-state index is 12.4. The van der Waals surface area contributed by atoms with Crippen LogP contribution in [-0.2, 0) is 19.3 Å². The Balaban J connectivity index is 2.75. The van der Waals surface area contributed by atoms with Crippen LogP contribution in [0.4, 0.5) is 5.95 Å². The summed E-state index contributed by atoms with van der Waals surface area (Å²) in [5.74, 6) is 6.10. The Morgan fingerprint density at radius 2 is 1.90 bits per heavy atom. The van der Waals surface area contributed by atoms with Gasteiger partial charge in [-0.1, -0.05) is 32.9 Å². The maximum Gasteiger partial charge on any atom is 0.356 e. The van der Waals surface area contributed by atoms with E-state index in [1.165, 1.54) is 5.56 Å². The molecular formula is C15H21N5O. The van der Waals surface area contributed by atoms with Crippen LogP contribution in [0.1, 0.15) is 37.7 Å². The normalized spacial score (nSPS) is 10.7. The number of nitrogens with one attached hydrogen (secondary N) is 1. The van der Waals surface area contributed by atoms with Crippen LogP contribution in [0.5, 0.6) is 0 Å². The zero-order valence-corrected chi connectivity index (χ0v) is 12.7. The quantitative estimate of drug-likeness (QED) is 0.644. The van der Waals surface area contributed by atoms with Gasteiger partial charge in [-0.25, -0.2) is 15.2 Å². The van der Waals surface area contributed by atoms with Gasteiger partial charge in [0.1, 0.15) is 5.82 Å². The predicted octanol–water partition coefficient (Wildman–Crippen LogP) is 1.60. The molecule has 6 heteroatoms. The van der Waals surface area contributed by atoms with E-state index in [2.05, 4.69) is 35.3 Å². The predicted molar refractivity (Wildman–Crippen MR) is 83.6 cm³/mol. The van der Waals surface area contributed by atoms with E-state index >= 15 is 0 Å². The molecule has 2 aromatic rings. The van der Waals surface area contributed by atoms with Gasteiger partial charge in [-0.3, -0.25) is 5.43 Å². The Hall–Kier alpha value is -2.21. The van der Waals surface area contributed by atoms with Crippen molar-refractivity contribution in [2.45, 2.75) is 40.0 Å². The summed E-state index contributed by atoms with van der Waals surface area (Å²) in [6.07, 6.45) is 2.40. The highest BCUT2D eigenvalue weighted by atomic mass is 16.1. The summed E-state index contributed by atoms with van der Waals surface area (Å²) < 4.78 is 1.58. The van der Waals surface area contributed by atoms with Crippen molar-refractivity contribution in [2.75, 3.05) is 5.43 Å². The van der Waals surface area contributed by atoms with E-state index in [9.17, 15) is 4.79 Å². The minimum absolute atomic E-state index is 0.151. The SMILES string of the molecule is CCc1cccc(-n2c(CC)nc(NN)nc2=O)c1CC. The molecule has 0 bridgehead atoms. The molecule has 0 atom stereocenters. The highest BCUT2D eigenvalue weighted by molar-refractivity contribution is 5.47. The molecular weight excluding hydrogens is 266 g/mol. The van der Waals surface area contributed by atoms with Crippen molar-refractivity contribution >= 4 is 5.95 Å². The fraction of sp³-hybridized carbons (Fsp3) is 0.400. The van der Waals surface area contributed by atoms with Gasteiger partial charge < -0.3 is 0 Å². The first-order chi connectivity index (χ1) is 10.2. The molecule has 0 spiro atoms. The second-order valence-corrected chi connectivity index (χ2v) is 4.70. The molecule has 0 amide bonds. The van der Waals surface area contributed by atoms with Crippen LogP contribution in [0, 0.1) is 0 Å². The Labute approximate surface area is 124 Å². The molecule has 0 aliphatic carbocycles. The minimum atomic E-state index is -0.363. The van der Waals surface area contributed by atoms with Crippen molar-refractivity contribution in [3.63, 3.8) is 0 Å².